The number of hydrogen-bond acceptors (Lipinski definition) is 4. The predicted octanol–water partition coefficient (Wildman–Crippen LogP) is 3.40. The van der Waals surface area contributed by atoms with E-state index < -0.39 is 11.3 Å². The average Bonchev–Trinajstić information content (AvgIpc) is 3.00. The SMILES string of the molecule is CC(C)(C)OC(=O)c1ccc(-c2cn(CC3(F)CC3)nn2)cc1. The van der Waals surface area contributed by atoms with Gasteiger partial charge in [-0.1, -0.05) is 17.3 Å². The molecule has 3 rings (SSSR count). The third-order valence-corrected chi connectivity index (χ3v) is 3.59. The van der Waals surface area contributed by atoms with Gasteiger partial charge in [0.2, 0.25) is 0 Å². The summed E-state index contributed by atoms with van der Waals surface area (Å²) in [5.74, 6) is -0.360. The minimum Gasteiger partial charge on any atom is -0.456 e. The molecule has 0 bridgehead atoms. The van der Waals surface area contributed by atoms with Gasteiger partial charge in [0.25, 0.3) is 0 Å². The summed E-state index contributed by atoms with van der Waals surface area (Å²) < 4.78 is 20.6. The average molecular weight is 317 g/mol. The molecule has 1 aromatic heterocycles. The van der Waals surface area contributed by atoms with E-state index in [2.05, 4.69) is 10.3 Å². The maximum absolute atomic E-state index is 13.7. The summed E-state index contributed by atoms with van der Waals surface area (Å²) in [6, 6.07) is 6.96. The van der Waals surface area contributed by atoms with Crippen LogP contribution in [0.25, 0.3) is 11.3 Å². The van der Waals surface area contributed by atoms with Crippen molar-refractivity contribution < 1.29 is 13.9 Å². The van der Waals surface area contributed by atoms with Crippen molar-refractivity contribution >= 4 is 5.97 Å². The highest BCUT2D eigenvalue weighted by Crippen LogP contribution is 2.41. The maximum Gasteiger partial charge on any atom is 0.338 e. The van der Waals surface area contributed by atoms with E-state index in [4.69, 9.17) is 4.74 Å². The Labute approximate surface area is 134 Å². The summed E-state index contributed by atoms with van der Waals surface area (Å²) in [4.78, 5) is 12.0. The van der Waals surface area contributed by atoms with Gasteiger partial charge in [-0.2, -0.15) is 0 Å². The molecule has 122 valence electrons. The first kappa shape index (κ1) is 15.6. The van der Waals surface area contributed by atoms with Gasteiger partial charge in [0.05, 0.1) is 18.3 Å². The Bertz CT molecular complexity index is 712. The monoisotopic (exact) mass is 317 g/mol. The van der Waals surface area contributed by atoms with Crippen LogP contribution in [-0.2, 0) is 11.3 Å². The van der Waals surface area contributed by atoms with Gasteiger partial charge in [-0.05, 0) is 45.7 Å². The number of carbonyl (C=O) groups excluding carboxylic acids is 1. The van der Waals surface area contributed by atoms with E-state index in [1.807, 2.05) is 20.8 Å². The number of carbonyl (C=O) groups is 1. The van der Waals surface area contributed by atoms with Crippen molar-refractivity contribution in [1.29, 1.82) is 0 Å². The van der Waals surface area contributed by atoms with E-state index in [9.17, 15) is 9.18 Å². The molecule has 0 spiro atoms. The third kappa shape index (κ3) is 3.94. The zero-order chi connectivity index (χ0) is 16.7. The summed E-state index contributed by atoms with van der Waals surface area (Å²) >= 11 is 0. The normalized spacial score (nSPS) is 16.2. The molecule has 1 aliphatic carbocycles. The summed E-state index contributed by atoms with van der Waals surface area (Å²) in [6.07, 6.45) is 2.90. The Balaban J connectivity index is 1.71. The Morgan fingerprint density at radius 3 is 2.52 bits per heavy atom. The quantitative estimate of drug-likeness (QED) is 0.811. The maximum atomic E-state index is 13.7. The summed E-state index contributed by atoms with van der Waals surface area (Å²) in [5, 5.41) is 8.02. The topological polar surface area (TPSA) is 57.0 Å². The molecule has 1 aliphatic rings. The number of nitrogens with zero attached hydrogens (tertiary/aromatic N) is 3. The van der Waals surface area contributed by atoms with Crippen LogP contribution < -0.4 is 0 Å². The van der Waals surface area contributed by atoms with Crippen LogP contribution in [0.1, 0.15) is 44.0 Å². The molecule has 5 nitrogen and oxygen atoms in total. The number of rotatable bonds is 4. The summed E-state index contributed by atoms with van der Waals surface area (Å²) in [7, 11) is 0. The number of alkyl halides is 1. The molecule has 0 saturated heterocycles. The molecule has 0 atom stereocenters. The summed E-state index contributed by atoms with van der Waals surface area (Å²) in [6.45, 7) is 5.73. The number of halogens is 1. The smallest absolute Gasteiger partial charge is 0.338 e. The van der Waals surface area contributed by atoms with Crippen LogP contribution in [0.3, 0.4) is 0 Å². The number of aromatic nitrogens is 3. The zero-order valence-electron chi connectivity index (χ0n) is 13.5. The lowest BCUT2D eigenvalue weighted by atomic mass is 10.1. The molecule has 1 fully saturated rings. The second-order valence-electron chi connectivity index (χ2n) is 7.03. The molecule has 0 N–H and O–H groups in total. The van der Waals surface area contributed by atoms with Crippen molar-refractivity contribution in [2.75, 3.05) is 0 Å². The van der Waals surface area contributed by atoms with Crippen LogP contribution in [0.15, 0.2) is 30.5 Å². The van der Waals surface area contributed by atoms with Gasteiger partial charge in [-0.3, -0.25) is 0 Å². The lowest BCUT2D eigenvalue weighted by Gasteiger charge is -2.19. The van der Waals surface area contributed by atoms with E-state index in [1.54, 1.807) is 30.5 Å². The fourth-order valence-corrected chi connectivity index (χ4v) is 2.21. The van der Waals surface area contributed by atoms with Crippen molar-refractivity contribution in [1.82, 2.24) is 15.0 Å². The highest BCUT2D eigenvalue weighted by atomic mass is 19.1. The van der Waals surface area contributed by atoms with Gasteiger partial charge in [-0.25, -0.2) is 13.9 Å². The first-order valence-electron chi connectivity index (χ1n) is 7.67. The Morgan fingerprint density at radius 1 is 1.30 bits per heavy atom. The van der Waals surface area contributed by atoms with Crippen molar-refractivity contribution in [2.24, 2.45) is 0 Å². The lowest BCUT2D eigenvalue weighted by molar-refractivity contribution is 0.00695. The number of hydrogen-bond donors (Lipinski definition) is 0. The highest BCUT2D eigenvalue weighted by Gasteiger charge is 2.43. The molecule has 23 heavy (non-hydrogen) atoms. The minimum absolute atomic E-state index is 0.246. The van der Waals surface area contributed by atoms with E-state index in [1.165, 1.54) is 4.68 Å². The second-order valence-corrected chi connectivity index (χ2v) is 7.03. The van der Waals surface area contributed by atoms with Crippen LogP contribution in [0.2, 0.25) is 0 Å². The van der Waals surface area contributed by atoms with E-state index in [0.717, 1.165) is 5.56 Å². The first-order valence-corrected chi connectivity index (χ1v) is 7.67. The highest BCUT2D eigenvalue weighted by molar-refractivity contribution is 5.90. The largest absolute Gasteiger partial charge is 0.456 e. The van der Waals surface area contributed by atoms with E-state index in [0.29, 0.717) is 24.1 Å². The van der Waals surface area contributed by atoms with Gasteiger partial charge in [-0.15, -0.1) is 5.10 Å². The first-order chi connectivity index (χ1) is 10.7. The number of benzene rings is 1. The molecular weight excluding hydrogens is 297 g/mol. The molecule has 1 heterocycles. The van der Waals surface area contributed by atoms with Gasteiger partial charge >= 0.3 is 5.97 Å². The Kier molecular flexibility index (Phi) is 3.70. The van der Waals surface area contributed by atoms with Crippen LogP contribution in [-0.4, -0.2) is 32.2 Å². The summed E-state index contributed by atoms with van der Waals surface area (Å²) in [5.41, 5.74) is 0.337. The van der Waals surface area contributed by atoms with Crippen molar-refractivity contribution in [3.63, 3.8) is 0 Å². The molecule has 1 aromatic carbocycles. The van der Waals surface area contributed by atoms with E-state index in [-0.39, 0.29) is 12.5 Å². The standard InChI is InChI=1S/C17H20FN3O2/c1-16(2,3)23-15(22)13-6-4-12(5-7-13)14-10-21(20-19-14)11-17(18)8-9-17/h4-7,10H,8-9,11H2,1-3H3. The van der Waals surface area contributed by atoms with Crippen LogP contribution in [0.5, 0.6) is 0 Å². The molecule has 0 amide bonds. The molecule has 0 radical (unpaired) electrons. The molecule has 0 unspecified atom stereocenters. The van der Waals surface area contributed by atoms with Crippen LogP contribution in [0, 0.1) is 0 Å². The fraction of sp³-hybridized carbons (Fsp3) is 0.471. The third-order valence-electron chi connectivity index (χ3n) is 3.59. The van der Waals surface area contributed by atoms with Crippen molar-refractivity contribution in [3.8, 4) is 11.3 Å². The Hall–Kier alpha value is -2.24. The van der Waals surface area contributed by atoms with Gasteiger partial charge < -0.3 is 4.74 Å². The zero-order valence-corrected chi connectivity index (χ0v) is 13.5. The molecule has 6 heteroatoms. The van der Waals surface area contributed by atoms with Crippen molar-refractivity contribution in [2.45, 2.75) is 51.4 Å². The van der Waals surface area contributed by atoms with Crippen LogP contribution >= 0.6 is 0 Å². The van der Waals surface area contributed by atoms with E-state index >= 15 is 0 Å². The second kappa shape index (κ2) is 5.44. The van der Waals surface area contributed by atoms with Gasteiger partial charge in [0.15, 0.2) is 0 Å². The number of ether oxygens (including phenoxy) is 1. The van der Waals surface area contributed by atoms with Gasteiger partial charge in [0, 0.05) is 5.56 Å². The minimum atomic E-state index is -1.11. The van der Waals surface area contributed by atoms with Crippen LogP contribution in [0.4, 0.5) is 4.39 Å². The number of esters is 1. The fourth-order valence-electron chi connectivity index (χ4n) is 2.21. The van der Waals surface area contributed by atoms with Crippen molar-refractivity contribution in [3.05, 3.63) is 36.0 Å². The lowest BCUT2D eigenvalue weighted by Crippen LogP contribution is -2.23. The molecule has 0 aliphatic heterocycles. The molecule has 1 saturated carbocycles. The molecule has 2 aromatic rings. The molecular formula is C17H20FN3O2. The predicted molar refractivity (Wildman–Crippen MR) is 83.7 cm³/mol. The Morgan fingerprint density at radius 2 is 1.96 bits per heavy atom. The van der Waals surface area contributed by atoms with Gasteiger partial charge in [0.1, 0.15) is 17.0 Å².